The molecule has 0 saturated heterocycles. The molecule has 0 radical (unpaired) electrons. The Morgan fingerprint density at radius 3 is 2.80 bits per heavy atom. The number of rotatable bonds is 5. The van der Waals surface area contributed by atoms with E-state index in [1.807, 2.05) is 0 Å². The molecule has 106 valence electrons. The van der Waals surface area contributed by atoms with Crippen molar-refractivity contribution in [2.24, 2.45) is 0 Å². The summed E-state index contributed by atoms with van der Waals surface area (Å²) >= 11 is 0. The molecule has 0 bridgehead atoms. The summed E-state index contributed by atoms with van der Waals surface area (Å²) in [5.41, 5.74) is 0.828. The summed E-state index contributed by atoms with van der Waals surface area (Å²) in [5.74, 6) is -0.365. The monoisotopic (exact) mass is 280 g/mol. The molecular weight excluding hydrogens is 268 g/mol. The lowest BCUT2D eigenvalue weighted by Gasteiger charge is -2.18. The highest BCUT2D eigenvalue weighted by Crippen LogP contribution is 2.30. The van der Waals surface area contributed by atoms with Gasteiger partial charge in [0.15, 0.2) is 5.52 Å². The van der Waals surface area contributed by atoms with Gasteiger partial charge in [0.2, 0.25) is 5.52 Å². The molecular formula is C11H12N4O5. The number of aromatic nitrogens is 2. The lowest BCUT2D eigenvalue weighted by atomic mass is 10.2. The first-order chi connectivity index (χ1) is 9.50. The highest BCUT2D eigenvalue weighted by molar-refractivity contribution is 5.93. The largest absolute Gasteiger partial charge is 0.464 e. The quantitative estimate of drug-likeness (QED) is 0.455. The molecule has 1 heterocycles. The molecule has 0 spiro atoms. The Morgan fingerprint density at radius 2 is 2.15 bits per heavy atom. The number of nitrogens with zero attached hydrogens (tertiary/aromatic N) is 4. The number of non-ortho nitro benzene ring substituents is 1. The van der Waals surface area contributed by atoms with Gasteiger partial charge in [0.25, 0.3) is 0 Å². The molecule has 1 aromatic carbocycles. The molecule has 0 N–H and O–H groups in total. The van der Waals surface area contributed by atoms with Gasteiger partial charge in [-0.2, -0.15) is 0 Å². The predicted molar refractivity (Wildman–Crippen MR) is 68.4 cm³/mol. The second-order valence-electron chi connectivity index (χ2n) is 4.08. The maximum atomic E-state index is 10.9. The van der Waals surface area contributed by atoms with Crippen LogP contribution in [0.2, 0.25) is 0 Å². The van der Waals surface area contributed by atoms with Crippen LogP contribution >= 0.6 is 0 Å². The van der Waals surface area contributed by atoms with E-state index in [9.17, 15) is 14.9 Å². The number of benzene rings is 1. The van der Waals surface area contributed by atoms with Gasteiger partial charge in [-0.1, -0.05) is 0 Å². The Morgan fingerprint density at radius 1 is 1.45 bits per heavy atom. The molecule has 0 atom stereocenters. The zero-order chi connectivity index (χ0) is 14.7. The second-order valence-corrected chi connectivity index (χ2v) is 4.08. The number of likely N-dealkylation sites (N-methyl/N-ethyl adjacent to an activating group) is 1. The third-order valence-electron chi connectivity index (χ3n) is 2.71. The van der Waals surface area contributed by atoms with Crippen LogP contribution in [0.3, 0.4) is 0 Å². The van der Waals surface area contributed by atoms with Gasteiger partial charge in [0.1, 0.15) is 6.61 Å². The number of nitro benzene ring substituents is 1. The maximum Gasteiger partial charge on any atom is 0.302 e. The van der Waals surface area contributed by atoms with Crippen molar-refractivity contribution in [1.82, 2.24) is 10.3 Å². The minimum atomic E-state index is -0.546. The number of anilines is 1. The number of esters is 1. The third kappa shape index (κ3) is 2.66. The summed E-state index contributed by atoms with van der Waals surface area (Å²) < 4.78 is 9.41. The van der Waals surface area contributed by atoms with Crippen molar-refractivity contribution in [3.63, 3.8) is 0 Å². The van der Waals surface area contributed by atoms with Crippen molar-refractivity contribution < 1.29 is 19.1 Å². The number of hydrogen-bond donors (Lipinski definition) is 0. The summed E-state index contributed by atoms with van der Waals surface area (Å²) in [7, 11) is 1.75. The molecule has 0 aliphatic rings. The average molecular weight is 280 g/mol. The van der Waals surface area contributed by atoms with E-state index in [1.54, 1.807) is 18.0 Å². The van der Waals surface area contributed by atoms with E-state index in [0.717, 1.165) is 0 Å². The van der Waals surface area contributed by atoms with Gasteiger partial charge in [0, 0.05) is 20.0 Å². The molecule has 20 heavy (non-hydrogen) atoms. The second kappa shape index (κ2) is 5.51. The van der Waals surface area contributed by atoms with E-state index >= 15 is 0 Å². The van der Waals surface area contributed by atoms with Crippen molar-refractivity contribution in [2.75, 3.05) is 25.1 Å². The summed E-state index contributed by atoms with van der Waals surface area (Å²) in [6, 6.07) is 2.89. The van der Waals surface area contributed by atoms with Gasteiger partial charge < -0.3 is 9.64 Å². The first-order valence-electron chi connectivity index (χ1n) is 5.75. The summed E-state index contributed by atoms with van der Waals surface area (Å²) in [6.45, 7) is 1.95. The average Bonchev–Trinajstić information content (AvgIpc) is 2.85. The summed E-state index contributed by atoms with van der Waals surface area (Å²) in [5, 5.41) is 18.1. The molecule has 0 fully saturated rings. The van der Waals surface area contributed by atoms with Crippen LogP contribution in [-0.2, 0) is 9.53 Å². The molecule has 2 aromatic rings. The van der Waals surface area contributed by atoms with E-state index in [0.29, 0.717) is 17.7 Å². The lowest BCUT2D eigenvalue weighted by molar-refractivity contribution is -0.383. The predicted octanol–water partition coefficient (Wildman–Crippen LogP) is 1.13. The van der Waals surface area contributed by atoms with Crippen LogP contribution in [0.1, 0.15) is 6.92 Å². The van der Waals surface area contributed by atoms with Crippen molar-refractivity contribution in [1.29, 1.82) is 0 Å². The van der Waals surface area contributed by atoms with E-state index in [2.05, 4.69) is 14.9 Å². The van der Waals surface area contributed by atoms with Crippen LogP contribution in [-0.4, -0.2) is 41.4 Å². The molecule has 2 rings (SSSR count). The highest BCUT2D eigenvalue weighted by Gasteiger charge is 2.21. The zero-order valence-corrected chi connectivity index (χ0v) is 10.9. The molecule has 1 aromatic heterocycles. The van der Waals surface area contributed by atoms with Crippen molar-refractivity contribution >= 4 is 28.4 Å². The molecule has 0 saturated carbocycles. The minimum Gasteiger partial charge on any atom is -0.464 e. The Bertz CT molecular complexity index is 653. The van der Waals surface area contributed by atoms with Crippen molar-refractivity contribution in [3.05, 3.63) is 22.2 Å². The SMILES string of the molecule is CC(=O)OCCN(C)c1ccc([N+](=O)[O-])c2nonc12. The third-order valence-corrected chi connectivity index (χ3v) is 2.71. The fraction of sp³-hybridized carbons (Fsp3) is 0.364. The van der Waals surface area contributed by atoms with Gasteiger partial charge in [-0.3, -0.25) is 14.9 Å². The summed E-state index contributed by atoms with van der Waals surface area (Å²) in [4.78, 5) is 22.8. The standard InChI is InChI=1S/C11H12N4O5/c1-7(16)19-6-5-14(2)8-3-4-9(15(17)18)11-10(8)12-20-13-11/h3-4H,5-6H2,1-2H3. The molecule has 0 amide bonds. The van der Waals surface area contributed by atoms with E-state index in [-0.39, 0.29) is 23.8 Å². The van der Waals surface area contributed by atoms with Crippen LogP contribution in [0.4, 0.5) is 11.4 Å². The normalized spacial score (nSPS) is 10.5. The number of nitro groups is 1. The smallest absolute Gasteiger partial charge is 0.302 e. The minimum absolute atomic E-state index is 0.0897. The van der Waals surface area contributed by atoms with Crippen LogP contribution < -0.4 is 4.90 Å². The molecule has 9 heteroatoms. The van der Waals surface area contributed by atoms with Crippen LogP contribution in [0.25, 0.3) is 11.0 Å². The number of carbonyl (C=O) groups excluding carboxylic acids is 1. The van der Waals surface area contributed by atoms with Crippen molar-refractivity contribution in [2.45, 2.75) is 6.92 Å². The fourth-order valence-corrected chi connectivity index (χ4v) is 1.74. The van der Waals surface area contributed by atoms with Gasteiger partial charge in [-0.05, 0) is 16.4 Å². The number of ether oxygens (including phenoxy) is 1. The Kier molecular flexibility index (Phi) is 3.78. The molecule has 0 aliphatic carbocycles. The molecule has 0 unspecified atom stereocenters. The summed E-state index contributed by atoms with van der Waals surface area (Å²) in [6.07, 6.45) is 0. The Labute approximate surface area is 113 Å². The van der Waals surface area contributed by atoms with Crippen LogP contribution in [0.5, 0.6) is 0 Å². The Balaban J connectivity index is 2.26. The van der Waals surface area contributed by atoms with E-state index in [4.69, 9.17) is 4.74 Å². The van der Waals surface area contributed by atoms with Gasteiger partial charge in [0.05, 0.1) is 17.2 Å². The van der Waals surface area contributed by atoms with Crippen LogP contribution in [0, 0.1) is 10.1 Å². The Hall–Kier alpha value is -2.71. The van der Waals surface area contributed by atoms with E-state index in [1.165, 1.54) is 13.0 Å². The topological polar surface area (TPSA) is 112 Å². The lowest BCUT2D eigenvalue weighted by Crippen LogP contribution is -2.23. The number of hydrogen-bond acceptors (Lipinski definition) is 8. The maximum absolute atomic E-state index is 10.9. The number of carbonyl (C=O) groups is 1. The van der Waals surface area contributed by atoms with E-state index < -0.39 is 4.92 Å². The number of fused-ring (bicyclic) bond motifs is 1. The zero-order valence-electron chi connectivity index (χ0n) is 10.9. The van der Waals surface area contributed by atoms with Gasteiger partial charge >= 0.3 is 11.7 Å². The first kappa shape index (κ1) is 13.7. The van der Waals surface area contributed by atoms with Crippen LogP contribution in [0.15, 0.2) is 16.8 Å². The fourth-order valence-electron chi connectivity index (χ4n) is 1.74. The van der Waals surface area contributed by atoms with Crippen molar-refractivity contribution in [3.8, 4) is 0 Å². The van der Waals surface area contributed by atoms with Gasteiger partial charge in [-0.25, -0.2) is 4.63 Å². The first-order valence-corrected chi connectivity index (χ1v) is 5.75. The molecule has 9 nitrogen and oxygen atoms in total. The highest BCUT2D eigenvalue weighted by atomic mass is 16.6. The van der Waals surface area contributed by atoms with Gasteiger partial charge in [-0.15, -0.1) is 0 Å². The molecule has 0 aliphatic heterocycles.